The third-order valence-electron chi connectivity index (χ3n) is 4.26. The maximum Gasteiger partial charge on any atom is 0.233 e. The number of pyridine rings is 1. The molecule has 0 radical (unpaired) electrons. The average Bonchev–Trinajstić information content (AvgIpc) is 3.39. The maximum atomic E-state index is 12.8. The first-order valence-corrected chi connectivity index (χ1v) is 10.5. The smallest absolute Gasteiger partial charge is 0.233 e. The van der Waals surface area contributed by atoms with Crippen molar-refractivity contribution in [2.45, 2.75) is 17.5 Å². The van der Waals surface area contributed by atoms with Gasteiger partial charge < -0.3 is 9.64 Å². The topological polar surface area (TPSA) is 73.1 Å². The summed E-state index contributed by atoms with van der Waals surface area (Å²) in [5.74, 6) is 0.460. The lowest BCUT2D eigenvalue weighted by Crippen LogP contribution is -2.44. The fourth-order valence-corrected chi connectivity index (χ4v) is 4.38. The predicted octanol–water partition coefficient (Wildman–Crippen LogP) is 2.48. The van der Waals surface area contributed by atoms with Gasteiger partial charge in [0.1, 0.15) is 11.7 Å². The highest BCUT2D eigenvalue weighted by atomic mass is 32.2. The number of nitrogens with zero attached hydrogens (tertiary/aromatic N) is 5. The van der Waals surface area contributed by atoms with E-state index in [1.54, 1.807) is 23.7 Å². The van der Waals surface area contributed by atoms with Crippen LogP contribution >= 0.6 is 23.1 Å². The molecule has 1 fully saturated rings. The molecule has 1 aliphatic heterocycles. The van der Waals surface area contributed by atoms with Crippen molar-refractivity contribution in [1.29, 1.82) is 0 Å². The first-order chi connectivity index (χ1) is 13.3. The van der Waals surface area contributed by atoms with E-state index in [0.717, 1.165) is 10.6 Å². The summed E-state index contributed by atoms with van der Waals surface area (Å²) in [6.07, 6.45) is 5.38. The van der Waals surface area contributed by atoms with Crippen molar-refractivity contribution in [2.75, 3.05) is 25.5 Å². The first-order valence-electron chi connectivity index (χ1n) is 8.62. The molecular formula is C18H19N5O2S2. The maximum absolute atomic E-state index is 12.8. The standard InChI is InChI=1S/C18H19N5O2S2/c24-18(13-27-14-3-5-19-6-4-14)23-7-8-25-12-17(23)16-11-22(21-20-16)10-15-2-1-9-26-15/h1-6,9,11,17H,7-8,10,12-13H2. The van der Waals surface area contributed by atoms with Crippen LogP contribution in [0.25, 0.3) is 0 Å². The monoisotopic (exact) mass is 401 g/mol. The number of hydrogen-bond donors (Lipinski definition) is 0. The Hall–Kier alpha value is -2.23. The lowest BCUT2D eigenvalue weighted by molar-refractivity contribution is -0.137. The van der Waals surface area contributed by atoms with Crippen molar-refractivity contribution in [3.63, 3.8) is 0 Å². The van der Waals surface area contributed by atoms with E-state index in [1.165, 1.54) is 16.6 Å². The molecule has 3 aromatic heterocycles. The minimum atomic E-state index is -0.193. The van der Waals surface area contributed by atoms with E-state index in [0.29, 0.717) is 32.1 Å². The van der Waals surface area contributed by atoms with E-state index in [-0.39, 0.29) is 11.9 Å². The van der Waals surface area contributed by atoms with Crippen LogP contribution in [-0.4, -0.2) is 56.3 Å². The largest absolute Gasteiger partial charge is 0.377 e. The van der Waals surface area contributed by atoms with Crippen LogP contribution in [0.2, 0.25) is 0 Å². The molecule has 4 heterocycles. The summed E-state index contributed by atoms with van der Waals surface area (Å²) in [6.45, 7) is 2.25. The van der Waals surface area contributed by atoms with Crippen LogP contribution in [0.15, 0.2) is 53.1 Å². The number of hydrogen-bond acceptors (Lipinski definition) is 7. The number of rotatable bonds is 6. The van der Waals surface area contributed by atoms with Crippen LogP contribution in [0.4, 0.5) is 0 Å². The number of ether oxygens (including phenoxy) is 1. The molecule has 0 spiro atoms. The molecule has 3 aromatic rings. The number of carbonyl (C=O) groups is 1. The van der Waals surface area contributed by atoms with Gasteiger partial charge in [-0.2, -0.15) is 0 Å². The fraction of sp³-hybridized carbons (Fsp3) is 0.333. The van der Waals surface area contributed by atoms with Gasteiger partial charge >= 0.3 is 0 Å². The van der Waals surface area contributed by atoms with Crippen molar-refractivity contribution in [2.24, 2.45) is 0 Å². The van der Waals surface area contributed by atoms with Crippen LogP contribution in [0.1, 0.15) is 16.6 Å². The summed E-state index contributed by atoms with van der Waals surface area (Å²) < 4.78 is 7.42. The van der Waals surface area contributed by atoms with Gasteiger partial charge in [-0.05, 0) is 23.6 Å². The van der Waals surface area contributed by atoms with E-state index in [4.69, 9.17) is 4.74 Å². The summed E-state index contributed by atoms with van der Waals surface area (Å²) in [5, 5.41) is 10.6. The number of morpholine rings is 1. The first kappa shape index (κ1) is 18.1. The molecule has 1 saturated heterocycles. The van der Waals surface area contributed by atoms with Gasteiger partial charge in [-0.25, -0.2) is 4.68 Å². The summed E-state index contributed by atoms with van der Waals surface area (Å²) in [5.41, 5.74) is 0.772. The third kappa shape index (κ3) is 4.55. The van der Waals surface area contributed by atoms with Gasteiger partial charge in [0, 0.05) is 28.7 Å². The van der Waals surface area contributed by atoms with Gasteiger partial charge in [0.2, 0.25) is 5.91 Å². The minimum Gasteiger partial charge on any atom is -0.377 e. The molecule has 27 heavy (non-hydrogen) atoms. The van der Waals surface area contributed by atoms with Gasteiger partial charge in [0.15, 0.2) is 0 Å². The Morgan fingerprint density at radius 1 is 1.33 bits per heavy atom. The molecule has 9 heteroatoms. The Kier molecular flexibility index (Phi) is 5.81. The highest BCUT2D eigenvalue weighted by Crippen LogP contribution is 2.25. The highest BCUT2D eigenvalue weighted by Gasteiger charge is 2.30. The summed E-state index contributed by atoms with van der Waals surface area (Å²) >= 11 is 3.20. The average molecular weight is 402 g/mol. The summed E-state index contributed by atoms with van der Waals surface area (Å²) in [4.78, 5) is 20.9. The second kappa shape index (κ2) is 8.64. The molecule has 0 saturated carbocycles. The van der Waals surface area contributed by atoms with Gasteiger partial charge in [-0.3, -0.25) is 9.78 Å². The van der Waals surface area contributed by atoms with E-state index in [2.05, 4.69) is 21.4 Å². The predicted molar refractivity (Wildman–Crippen MR) is 104 cm³/mol. The second-order valence-electron chi connectivity index (χ2n) is 6.07. The van der Waals surface area contributed by atoms with Crippen LogP contribution in [0.5, 0.6) is 0 Å². The lowest BCUT2D eigenvalue weighted by Gasteiger charge is -2.34. The molecule has 7 nitrogen and oxygen atoms in total. The Morgan fingerprint density at radius 3 is 3.04 bits per heavy atom. The Bertz CT molecular complexity index is 869. The Labute approximate surface area is 165 Å². The van der Waals surface area contributed by atoms with Gasteiger partial charge in [-0.15, -0.1) is 28.2 Å². The highest BCUT2D eigenvalue weighted by molar-refractivity contribution is 8.00. The second-order valence-corrected chi connectivity index (χ2v) is 8.15. The van der Waals surface area contributed by atoms with E-state index in [9.17, 15) is 4.79 Å². The lowest BCUT2D eigenvalue weighted by atomic mass is 10.1. The Balaban J connectivity index is 1.42. The quantitative estimate of drug-likeness (QED) is 0.591. The molecule has 0 aromatic carbocycles. The van der Waals surface area contributed by atoms with Crippen molar-refractivity contribution in [3.05, 3.63) is 58.8 Å². The van der Waals surface area contributed by atoms with Crippen molar-refractivity contribution in [1.82, 2.24) is 24.9 Å². The van der Waals surface area contributed by atoms with E-state index < -0.39 is 0 Å². The molecule has 1 atom stereocenters. The number of thioether (sulfide) groups is 1. The van der Waals surface area contributed by atoms with Crippen molar-refractivity contribution in [3.8, 4) is 0 Å². The van der Waals surface area contributed by atoms with Crippen molar-refractivity contribution < 1.29 is 9.53 Å². The molecule has 0 N–H and O–H groups in total. The molecule has 1 unspecified atom stereocenters. The molecule has 1 amide bonds. The zero-order valence-electron chi connectivity index (χ0n) is 14.6. The Morgan fingerprint density at radius 2 is 2.22 bits per heavy atom. The molecule has 0 bridgehead atoms. The van der Waals surface area contributed by atoms with E-state index in [1.807, 2.05) is 39.4 Å². The zero-order chi connectivity index (χ0) is 18.5. The van der Waals surface area contributed by atoms with Crippen LogP contribution in [0.3, 0.4) is 0 Å². The molecule has 1 aliphatic rings. The minimum absolute atomic E-state index is 0.0814. The normalized spacial score (nSPS) is 17.2. The van der Waals surface area contributed by atoms with E-state index >= 15 is 0 Å². The zero-order valence-corrected chi connectivity index (χ0v) is 16.2. The molecule has 4 rings (SSSR count). The summed E-state index contributed by atoms with van der Waals surface area (Å²) in [6, 6.07) is 7.71. The SMILES string of the molecule is O=C(CSc1ccncc1)N1CCOCC1c1cn(Cc2cccs2)nn1. The number of aromatic nitrogens is 4. The van der Waals surface area contributed by atoms with Gasteiger partial charge in [-0.1, -0.05) is 11.3 Å². The molecule has 0 aliphatic carbocycles. The third-order valence-corrected chi connectivity index (χ3v) is 6.11. The summed E-state index contributed by atoms with van der Waals surface area (Å²) in [7, 11) is 0. The van der Waals surface area contributed by atoms with Crippen LogP contribution < -0.4 is 0 Å². The van der Waals surface area contributed by atoms with Gasteiger partial charge in [0.25, 0.3) is 0 Å². The number of thiophene rings is 1. The molecular weight excluding hydrogens is 382 g/mol. The van der Waals surface area contributed by atoms with Gasteiger partial charge in [0.05, 0.1) is 31.7 Å². The number of carbonyl (C=O) groups excluding carboxylic acids is 1. The molecule has 140 valence electrons. The van der Waals surface area contributed by atoms with Crippen molar-refractivity contribution >= 4 is 29.0 Å². The van der Waals surface area contributed by atoms with Crippen LogP contribution in [0, 0.1) is 0 Å². The fourth-order valence-electron chi connectivity index (χ4n) is 2.92. The number of amides is 1. The van der Waals surface area contributed by atoms with Crippen LogP contribution in [-0.2, 0) is 16.1 Å².